The summed E-state index contributed by atoms with van der Waals surface area (Å²) in [6.45, 7) is 0.428. The first-order valence-corrected chi connectivity index (χ1v) is 5.48. The number of nitrogens with two attached hydrogens (primary N) is 1. The van der Waals surface area contributed by atoms with Gasteiger partial charge < -0.3 is 15.8 Å². The van der Waals surface area contributed by atoms with Crippen LogP contribution >= 0.6 is 15.9 Å². The zero-order valence-electron chi connectivity index (χ0n) is 8.00. The molecular weight excluding hydrogens is 260 g/mol. The Labute approximate surface area is 95.9 Å². The molecule has 3 N–H and O–H groups in total. The summed E-state index contributed by atoms with van der Waals surface area (Å²) in [4.78, 5) is 11.6. The standard InChI is InChI=1S/C10H11BrN2O2/c11-6-2-1-3-7-9(6)15-8(4-5-12)10(14)13-7/h1-3,8H,4-5,12H2,(H,13,14). The van der Waals surface area contributed by atoms with E-state index >= 15 is 0 Å². The lowest BCUT2D eigenvalue weighted by Crippen LogP contribution is -2.38. The van der Waals surface area contributed by atoms with Crippen LogP contribution in [0.3, 0.4) is 0 Å². The highest BCUT2D eigenvalue weighted by atomic mass is 79.9. The van der Waals surface area contributed by atoms with Crippen molar-refractivity contribution in [1.29, 1.82) is 0 Å². The number of carbonyl (C=O) groups is 1. The maximum Gasteiger partial charge on any atom is 0.265 e. The molecule has 0 fully saturated rings. The second-order valence-corrected chi connectivity index (χ2v) is 4.14. The van der Waals surface area contributed by atoms with E-state index in [9.17, 15) is 4.79 Å². The van der Waals surface area contributed by atoms with Gasteiger partial charge in [0, 0.05) is 6.42 Å². The van der Waals surface area contributed by atoms with Gasteiger partial charge in [0.1, 0.15) is 0 Å². The van der Waals surface area contributed by atoms with Crippen LogP contribution < -0.4 is 15.8 Å². The van der Waals surface area contributed by atoms with Gasteiger partial charge in [0.15, 0.2) is 11.9 Å². The number of hydrogen-bond donors (Lipinski definition) is 2. The van der Waals surface area contributed by atoms with Crippen LogP contribution in [-0.4, -0.2) is 18.6 Å². The van der Waals surface area contributed by atoms with Gasteiger partial charge in [0.2, 0.25) is 0 Å². The summed E-state index contributed by atoms with van der Waals surface area (Å²) in [6.07, 6.45) is 0.0354. The summed E-state index contributed by atoms with van der Waals surface area (Å²) in [5.74, 6) is 0.543. The van der Waals surface area contributed by atoms with E-state index in [1.54, 1.807) is 6.07 Å². The van der Waals surface area contributed by atoms with Crippen LogP contribution in [0.15, 0.2) is 22.7 Å². The fourth-order valence-electron chi connectivity index (χ4n) is 1.48. The SMILES string of the molecule is NCCC1Oc2c(Br)cccc2NC1=O. The molecule has 5 heteroatoms. The highest BCUT2D eigenvalue weighted by Crippen LogP contribution is 2.36. The molecule has 1 heterocycles. The Morgan fingerprint density at radius 2 is 2.33 bits per heavy atom. The topological polar surface area (TPSA) is 64.3 Å². The Morgan fingerprint density at radius 3 is 3.07 bits per heavy atom. The minimum atomic E-state index is -0.485. The van der Waals surface area contributed by atoms with Crippen LogP contribution in [0.2, 0.25) is 0 Å². The smallest absolute Gasteiger partial charge is 0.265 e. The number of benzene rings is 1. The third-order valence-electron chi connectivity index (χ3n) is 2.21. The van der Waals surface area contributed by atoms with Crippen LogP contribution in [0.25, 0.3) is 0 Å². The summed E-state index contributed by atoms with van der Waals surface area (Å²) in [7, 11) is 0. The first-order valence-electron chi connectivity index (χ1n) is 4.68. The molecule has 1 aliphatic heterocycles. The predicted molar refractivity (Wildman–Crippen MR) is 60.9 cm³/mol. The normalized spacial score (nSPS) is 19.1. The number of halogens is 1. The van der Waals surface area contributed by atoms with E-state index in [4.69, 9.17) is 10.5 Å². The first-order chi connectivity index (χ1) is 7.22. The van der Waals surface area contributed by atoms with E-state index in [2.05, 4.69) is 21.2 Å². The molecule has 15 heavy (non-hydrogen) atoms. The minimum Gasteiger partial charge on any atom is -0.477 e. The van der Waals surface area contributed by atoms with Crippen LogP contribution in [0.1, 0.15) is 6.42 Å². The summed E-state index contributed by atoms with van der Waals surface area (Å²) < 4.78 is 6.41. The Morgan fingerprint density at radius 1 is 1.53 bits per heavy atom. The number of fused-ring (bicyclic) bond motifs is 1. The van der Waals surface area contributed by atoms with E-state index in [1.807, 2.05) is 12.1 Å². The average molecular weight is 271 g/mol. The van der Waals surface area contributed by atoms with Gasteiger partial charge in [-0.3, -0.25) is 4.79 Å². The summed E-state index contributed by atoms with van der Waals surface area (Å²) in [6, 6.07) is 5.52. The van der Waals surface area contributed by atoms with Crippen molar-refractivity contribution in [3.63, 3.8) is 0 Å². The number of nitrogens with one attached hydrogen (secondary N) is 1. The predicted octanol–water partition coefficient (Wildman–Crippen LogP) is 1.50. The number of rotatable bonds is 2. The molecule has 0 spiro atoms. The number of anilines is 1. The average Bonchev–Trinajstić information content (AvgIpc) is 2.21. The van der Waals surface area contributed by atoms with Crippen LogP contribution in [-0.2, 0) is 4.79 Å². The molecule has 4 nitrogen and oxygen atoms in total. The van der Waals surface area contributed by atoms with Crippen LogP contribution in [0.5, 0.6) is 5.75 Å². The summed E-state index contributed by atoms with van der Waals surface area (Å²) in [5.41, 5.74) is 6.10. The van der Waals surface area contributed by atoms with Crippen molar-refractivity contribution in [3.05, 3.63) is 22.7 Å². The van der Waals surface area contributed by atoms with E-state index in [-0.39, 0.29) is 5.91 Å². The molecule has 0 radical (unpaired) electrons. The number of para-hydroxylation sites is 1. The molecule has 1 unspecified atom stereocenters. The largest absolute Gasteiger partial charge is 0.477 e. The molecule has 0 bridgehead atoms. The van der Waals surface area contributed by atoms with Crippen molar-refractivity contribution in [1.82, 2.24) is 0 Å². The Bertz CT molecular complexity index is 395. The molecule has 1 aromatic rings. The van der Waals surface area contributed by atoms with Crippen molar-refractivity contribution >= 4 is 27.5 Å². The second-order valence-electron chi connectivity index (χ2n) is 3.29. The van der Waals surface area contributed by atoms with Gasteiger partial charge >= 0.3 is 0 Å². The highest BCUT2D eigenvalue weighted by Gasteiger charge is 2.27. The molecule has 0 aromatic heterocycles. The van der Waals surface area contributed by atoms with E-state index in [0.29, 0.717) is 24.4 Å². The fraction of sp³-hybridized carbons (Fsp3) is 0.300. The molecule has 0 saturated heterocycles. The van der Waals surface area contributed by atoms with Crippen molar-refractivity contribution in [2.45, 2.75) is 12.5 Å². The van der Waals surface area contributed by atoms with E-state index in [0.717, 1.165) is 4.47 Å². The number of amides is 1. The van der Waals surface area contributed by atoms with Crippen molar-refractivity contribution < 1.29 is 9.53 Å². The van der Waals surface area contributed by atoms with Crippen molar-refractivity contribution in [3.8, 4) is 5.75 Å². The summed E-state index contributed by atoms with van der Waals surface area (Å²) >= 11 is 3.37. The fourth-order valence-corrected chi connectivity index (χ4v) is 1.94. The molecule has 1 amide bonds. The van der Waals surface area contributed by atoms with Crippen LogP contribution in [0, 0.1) is 0 Å². The molecule has 0 aliphatic carbocycles. The lowest BCUT2D eigenvalue weighted by Gasteiger charge is -2.26. The van der Waals surface area contributed by atoms with Crippen molar-refractivity contribution in [2.75, 3.05) is 11.9 Å². The Balaban J connectivity index is 2.30. The first kappa shape index (κ1) is 10.4. The van der Waals surface area contributed by atoms with E-state index < -0.39 is 6.10 Å². The van der Waals surface area contributed by atoms with Crippen molar-refractivity contribution in [2.24, 2.45) is 5.73 Å². The van der Waals surface area contributed by atoms with Gasteiger partial charge in [0.25, 0.3) is 5.91 Å². The maximum absolute atomic E-state index is 11.6. The second kappa shape index (κ2) is 4.20. The van der Waals surface area contributed by atoms with Gasteiger partial charge in [-0.05, 0) is 34.6 Å². The Hall–Kier alpha value is -1.07. The Kier molecular flexibility index (Phi) is 2.93. The maximum atomic E-state index is 11.6. The van der Waals surface area contributed by atoms with Gasteiger partial charge in [0.05, 0.1) is 10.2 Å². The zero-order valence-corrected chi connectivity index (χ0v) is 9.58. The molecule has 0 saturated carbocycles. The zero-order chi connectivity index (χ0) is 10.8. The molecule has 2 rings (SSSR count). The number of carbonyl (C=O) groups excluding carboxylic acids is 1. The minimum absolute atomic E-state index is 0.133. The third kappa shape index (κ3) is 1.98. The van der Waals surface area contributed by atoms with Crippen LogP contribution in [0.4, 0.5) is 5.69 Å². The van der Waals surface area contributed by atoms with Gasteiger partial charge in [-0.1, -0.05) is 6.07 Å². The molecule has 1 aliphatic rings. The molecule has 80 valence electrons. The third-order valence-corrected chi connectivity index (χ3v) is 2.83. The van der Waals surface area contributed by atoms with Gasteiger partial charge in [-0.2, -0.15) is 0 Å². The molecule has 1 atom stereocenters. The summed E-state index contributed by atoms with van der Waals surface area (Å²) in [5, 5.41) is 2.79. The number of ether oxygens (including phenoxy) is 1. The lowest BCUT2D eigenvalue weighted by molar-refractivity contribution is -0.123. The molecule has 1 aromatic carbocycles. The number of hydrogen-bond acceptors (Lipinski definition) is 3. The highest BCUT2D eigenvalue weighted by molar-refractivity contribution is 9.10. The van der Waals surface area contributed by atoms with Gasteiger partial charge in [-0.25, -0.2) is 0 Å². The lowest BCUT2D eigenvalue weighted by atomic mass is 10.1. The van der Waals surface area contributed by atoms with Gasteiger partial charge in [-0.15, -0.1) is 0 Å². The monoisotopic (exact) mass is 270 g/mol. The molecular formula is C10H11BrN2O2. The quantitative estimate of drug-likeness (QED) is 0.856. The van der Waals surface area contributed by atoms with E-state index in [1.165, 1.54) is 0 Å².